The highest BCUT2D eigenvalue weighted by Gasteiger charge is 2.29. The lowest BCUT2D eigenvalue weighted by Crippen LogP contribution is -2.39. The summed E-state index contributed by atoms with van der Waals surface area (Å²) in [5.74, 6) is -3.93. The van der Waals surface area contributed by atoms with Crippen LogP contribution in [0.4, 0.5) is 0 Å². The summed E-state index contributed by atoms with van der Waals surface area (Å²) >= 11 is 0. The Morgan fingerprint density at radius 3 is 1.83 bits per heavy atom. The number of likely N-dealkylation sites (N-methyl/N-ethyl adjacent to an activating group) is 1. The maximum atomic E-state index is 9.77. The summed E-state index contributed by atoms with van der Waals surface area (Å²) in [7, 11) is 1.73. The quantitative estimate of drug-likeness (QED) is 0.277. The Bertz CT molecular complexity index is 516. The number of aromatic hydroxyl groups is 2. The van der Waals surface area contributed by atoms with Crippen LogP contribution in [0, 0.1) is 0 Å². The first-order valence-electron chi connectivity index (χ1n) is 6.28. The second-order valence-corrected chi connectivity index (χ2v) is 4.39. The predicted molar refractivity (Wildman–Crippen MR) is 75.9 cm³/mol. The molecule has 2 unspecified atom stereocenters. The van der Waals surface area contributed by atoms with E-state index in [2.05, 4.69) is 5.32 Å². The van der Waals surface area contributed by atoms with Crippen LogP contribution in [0.25, 0.3) is 0 Å². The Hall–Kier alpha value is -2.40. The average molecular weight is 333 g/mol. The highest BCUT2D eigenvalue weighted by molar-refractivity contribution is 5.83. The van der Waals surface area contributed by atoms with E-state index in [9.17, 15) is 14.7 Å². The molecule has 23 heavy (non-hydrogen) atoms. The van der Waals surface area contributed by atoms with Crippen LogP contribution in [0.2, 0.25) is 0 Å². The van der Waals surface area contributed by atoms with Crippen LogP contribution in [0.15, 0.2) is 18.2 Å². The first kappa shape index (κ1) is 20.6. The molecule has 130 valence electrons. The third kappa shape index (κ3) is 6.93. The average Bonchev–Trinajstić information content (AvgIpc) is 2.49. The number of rotatable bonds is 6. The normalized spacial score (nSPS) is 14.1. The molecule has 0 aliphatic carbocycles. The molecule has 0 aromatic heterocycles. The van der Waals surface area contributed by atoms with Crippen molar-refractivity contribution in [1.29, 1.82) is 0 Å². The number of aliphatic hydroxyl groups excluding tert-OH is 3. The molecular weight excluding hydrogens is 314 g/mol. The summed E-state index contributed by atoms with van der Waals surface area (Å²) in [6.45, 7) is 0.407. The van der Waals surface area contributed by atoms with E-state index in [1.165, 1.54) is 12.1 Å². The molecule has 0 aliphatic heterocycles. The van der Waals surface area contributed by atoms with Crippen LogP contribution in [-0.4, -0.2) is 73.5 Å². The van der Waals surface area contributed by atoms with Gasteiger partial charge in [-0.1, -0.05) is 6.07 Å². The van der Waals surface area contributed by atoms with Crippen molar-refractivity contribution in [3.8, 4) is 11.5 Å². The maximum absolute atomic E-state index is 9.77. The molecule has 1 aromatic rings. The van der Waals surface area contributed by atoms with Crippen molar-refractivity contribution >= 4 is 11.9 Å². The van der Waals surface area contributed by atoms with Crippen LogP contribution < -0.4 is 5.32 Å². The van der Waals surface area contributed by atoms with Crippen LogP contribution in [-0.2, 0) is 9.59 Å². The number of nitrogens with one attached hydrogen (secondary N) is 1. The Morgan fingerprint density at radius 2 is 1.48 bits per heavy atom. The Balaban J connectivity index is 0.000000438. The Labute approximate surface area is 130 Å². The zero-order chi connectivity index (χ0) is 18.2. The number of hydrogen-bond donors (Lipinski definition) is 8. The van der Waals surface area contributed by atoms with E-state index in [4.69, 9.17) is 30.6 Å². The van der Waals surface area contributed by atoms with Gasteiger partial charge in [-0.25, -0.2) is 9.59 Å². The van der Waals surface area contributed by atoms with Gasteiger partial charge in [-0.15, -0.1) is 0 Å². The molecule has 0 amide bonds. The molecule has 0 saturated heterocycles. The van der Waals surface area contributed by atoms with Crippen molar-refractivity contribution in [2.75, 3.05) is 13.6 Å². The number of aliphatic hydroxyl groups is 3. The Kier molecular flexibility index (Phi) is 8.58. The highest BCUT2D eigenvalue weighted by atomic mass is 16.4. The third-order valence-electron chi connectivity index (χ3n) is 2.59. The van der Waals surface area contributed by atoms with E-state index in [1.807, 2.05) is 0 Å². The zero-order valence-electron chi connectivity index (χ0n) is 12.1. The lowest BCUT2D eigenvalue weighted by Gasteiger charge is -2.10. The van der Waals surface area contributed by atoms with Crippen LogP contribution in [0.3, 0.4) is 0 Å². The minimum absolute atomic E-state index is 0.180. The summed E-state index contributed by atoms with van der Waals surface area (Å²) in [4.78, 5) is 19.5. The van der Waals surface area contributed by atoms with Gasteiger partial charge in [0, 0.05) is 6.54 Å². The van der Waals surface area contributed by atoms with Gasteiger partial charge in [0.25, 0.3) is 0 Å². The fourth-order valence-corrected chi connectivity index (χ4v) is 1.33. The fourth-order valence-electron chi connectivity index (χ4n) is 1.33. The summed E-state index contributed by atoms with van der Waals surface area (Å²) in [5, 5.41) is 63.0. The van der Waals surface area contributed by atoms with Crippen LogP contribution >= 0.6 is 0 Å². The summed E-state index contributed by atoms with van der Waals surface area (Å²) < 4.78 is 0. The highest BCUT2D eigenvalue weighted by Crippen LogP contribution is 2.27. The second kappa shape index (κ2) is 9.58. The van der Waals surface area contributed by atoms with Gasteiger partial charge in [0.05, 0.1) is 6.10 Å². The number of aliphatic carboxylic acids is 2. The van der Waals surface area contributed by atoms with E-state index < -0.39 is 30.3 Å². The summed E-state index contributed by atoms with van der Waals surface area (Å²) in [6, 6.07) is 4.26. The minimum atomic E-state index is -2.27. The molecular formula is C13H19NO9. The van der Waals surface area contributed by atoms with Gasteiger partial charge in [-0.05, 0) is 24.7 Å². The van der Waals surface area contributed by atoms with Gasteiger partial charge in [0.2, 0.25) is 0 Å². The van der Waals surface area contributed by atoms with Crippen LogP contribution in [0.5, 0.6) is 11.5 Å². The van der Waals surface area contributed by atoms with Gasteiger partial charge >= 0.3 is 11.9 Å². The van der Waals surface area contributed by atoms with Crippen molar-refractivity contribution < 1.29 is 45.3 Å². The molecule has 10 nitrogen and oxygen atoms in total. The largest absolute Gasteiger partial charge is 0.504 e. The SMILES string of the molecule is CNC[C@H](O)c1ccc(O)c(O)c1.O=C(O)C(O)C(O)C(=O)O. The van der Waals surface area contributed by atoms with Crippen molar-refractivity contribution in [1.82, 2.24) is 5.32 Å². The van der Waals surface area contributed by atoms with E-state index in [-0.39, 0.29) is 11.5 Å². The maximum Gasteiger partial charge on any atom is 0.335 e. The topological polar surface area (TPSA) is 188 Å². The summed E-state index contributed by atoms with van der Waals surface area (Å²) in [6.07, 6.45) is -5.20. The molecule has 0 bridgehead atoms. The van der Waals surface area contributed by atoms with Gasteiger partial charge < -0.3 is 41.1 Å². The molecule has 0 aliphatic rings. The lowest BCUT2D eigenvalue weighted by molar-refractivity contribution is -0.165. The van der Waals surface area contributed by atoms with Crippen molar-refractivity contribution in [3.05, 3.63) is 23.8 Å². The second-order valence-electron chi connectivity index (χ2n) is 4.39. The number of phenolic OH excluding ortho intramolecular Hbond substituents is 2. The molecule has 10 heteroatoms. The molecule has 0 spiro atoms. The minimum Gasteiger partial charge on any atom is -0.504 e. The zero-order valence-corrected chi connectivity index (χ0v) is 12.1. The van der Waals surface area contributed by atoms with Gasteiger partial charge in [-0.2, -0.15) is 0 Å². The van der Waals surface area contributed by atoms with Gasteiger partial charge in [0.15, 0.2) is 23.7 Å². The molecule has 0 radical (unpaired) electrons. The fraction of sp³-hybridized carbons (Fsp3) is 0.385. The molecule has 0 saturated carbocycles. The van der Waals surface area contributed by atoms with E-state index in [0.29, 0.717) is 12.1 Å². The first-order chi connectivity index (χ1) is 10.6. The molecule has 1 rings (SSSR count). The van der Waals surface area contributed by atoms with E-state index >= 15 is 0 Å². The first-order valence-corrected chi connectivity index (χ1v) is 6.28. The smallest absolute Gasteiger partial charge is 0.335 e. The van der Waals surface area contributed by atoms with E-state index in [1.54, 1.807) is 13.1 Å². The number of hydrogen-bond acceptors (Lipinski definition) is 8. The van der Waals surface area contributed by atoms with Crippen molar-refractivity contribution in [2.45, 2.75) is 18.3 Å². The number of carboxylic acids is 2. The van der Waals surface area contributed by atoms with E-state index in [0.717, 1.165) is 0 Å². The number of phenols is 2. The number of carboxylic acid groups (broad SMARTS) is 2. The third-order valence-corrected chi connectivity index (χ3v) is 2.59. The molecule has 3 atom stereocenters. The monoisotopic (exact) mass is 333 g/mol. The van der Waals surface area contributed by atoms with Gasteiger partial charge in [0.1, 0.15) is 0 Å². The summed E-state index contributed by atoms with van der Waals surface area (Å²) in [5.41, 5.74) is 0.574. The molecule has 8 N–H and O–H groups in total. The van der Waals surface area contributed by atoms with Gasteiger partial charge in [-0.3, -0.25) is 0 Å². The number of benzene rings is 1. The Morgan fingerprint density at radius 1 is 1.00 bits per heavy atom. The van der Waals surface area contributed by atoms with Crippen molar-refractivity contribution in [3.63, 3.8) is 0 Å². The molecule has 1 aromatic carbocycles. The lowest BCUT2D eigenvalue weighted by atomic mass is 10.1. The number of carbonyl (C=O) groups is 2. The molecule has 0 heterocycles. The standard InChI is InChI=1S/C9H13NO3.C4H6O6/c1-10-5-9(13)6-2-3-7(11)8(12)4-6;5-1(3(7)8)2(6)4(9)10/h2-4,9-13H,5H2,1H3;1-2,5-6H,(H,7,8)(H,9,10)/t9-;/m0./s1. The van der Waals surface area contributed by atoms with Crippen molar-refractivity contribution in [2.24, 2.45) is 0 Å². The predicted octanol–water partition coefficient (Wildman–Crippen LogP) is -1.77. The molecule has 0 fully saturated rings. The van der Waals surface area contributed by atoms with Crippen LogP contribution in [0.1, 0.15) is 11.7 Å².